The van der Waals surface area contributed by atoms with E-state index in [1.165, 1.54) is 244 Å². The highest BCUT2D eigenvalue weighted by Gasteiger charge is 2.19. The SMILES string of the molecule is CCCCCCC/C=C\C/C=C\C/C=C\CCCCCCCCC(=O)OC(COC(=O)CCCCCCC/C=C\CCCCCCCCC)COC(=O)CCCCCCCCCCCCCCC/C=C\CCCCCCCCCC. The molecule has 1 unspecified atom stereocenters. The summed E-state index contributed by atoms with van der Waals surface area (Å²) < 4.78 is 17.0. The van der Waals surface area contributed by atoms with Crippen molar-refractivity contribution in [3.05, 3.63) is 60.8 Å². The van der Waals surface area contributed by atoms with Gasteiger partial charge in [0.1, 0.15) is 13.2 Å². The van der Waals surface area contributed by atoms with E-state index in [0.29, 0.717) is 19.3 Å². The summed E-state index contributed by atoms with van der Waals surface area (Å²) in [7, 11) is 0. The molecule has 0 aromatic carbocycles. The molecule has 0 saturated carbocycles. The highest BCUT2D eigenvalue weighted by molar-refractivity contribution is 5.71. The Labute approximate surface area is 498 Å². The molecule has 0 amide bonds. The van der Waals surface area contributed by atoms with Gasteiger partial charge in [0.25, 0.3) is 0 Å². The summed E-state index contributed by atoms with van der Waals surface area (Å²) in [6.45, 7) is 6.67. The molecular formula is C74H134O6. The number of hydrogen-bond acceptors (Lipinski definition) is 6. The monoisotopic (exact) mass is 1120 g/mol. The van der Waals surface area contributed by atoms with Gasteiger partial charge >= 0.3 is 17.9 Å². The van der Waals surface area contributed by atoms with Crippen molar-refractivity contribution in [2.75, 3.05) is 13.2 Å². The van der Waals surface area contributed by atoms with Crippen molar-refractivity contribution < 1.29 is 28.6 Å². The summed E-state index contributed by atoms with van der Waals surface area (Å²) in [5.41, 5.74) is 0. The third kappa shape index (κ3) is 65.9. The average molecular weight is 1120 g/mol. The number of carbonyl (C=O) groups excluding carboxylic acids is 3. The second kappa shape index (κ2) is 68.6. The van der Waals surface area contributed by atoms with Crippen molar-refractivity contribution in [2.45, 2.75) is 380 Å². The lowest BCUT2D eigenvalue weighted by molar-refractivity contribution is -0.167. The van der Waals surface area contributed by atoms with Crippen LogP contribution in [0.3, 0.4) is 0 Å². The first-order valence-corrected chi connectivity index (χ1v) is 35.3. The number of esters is 3. The Balaban J connectivity index is 4.34. The second-order valence-electron chi connectivity index (χ2n) is 23.8. The topological polar surface area (TPSA) is 78.9 Å². The summed E-state index contributed by atoms with van der Waals surface area (Å²) >= 11 is 0. The number of carbonyl (C=O) groups is 3. The van der Waals surface area contributed by atoms with Gasteiger partial charge in [0.05, 0.1) is 0 Å². The van der Waals surface area contributed by atoms with Crippen molar-refractivity contribution >= 4 is 17.9 Å². The molecule has 0 saturated heterocycles. The van der Waals surface area contributed by atoms with E-state index in [-0.39, 0.29) is 31.1 Å². The van der Waals surface area contributed by atoms with Crippen molar-refractivity contribution in [3.8, 4) is 0 Å². The maximum absolute atomic E-state index is 13.0. The van der Waals surface area contributed by atoms with E-state index in [1.807, 2.05) is 0 Å². The van der Waals surface area contributed by atoms with Crippen LogP contribution < -0.4 is 0 Å². The largest absolute Gasteiger partial charge is 0.462 e. The third-order valence-electron chi connectivity index (χ3n) is 15.7. The second-order valence-corrected chi connectivity index (χ2v) is 23.8. The fraction of sp³-hybridized carbons (Fsp3) is 0.824. The minimum absolute atomic E-state index is 0.0798. The van der Waals surface area contributed by atoms with Crippen LogP contribution >= 0.6 is 0 Å². The zero-order valence-corrected chi connectivity index (χ0v) is 53.6. The first-order valence-electron chi connectivity index (χ1n) is 35.3. The van der Waals surface area contributed by atoms with Crippen molar-refractivity contribution in [1.29, 1.82) is 0 Å². The zero-order valence-electron chi connectivity index (χ0n) is 53.6. The molecular weight excluding hydrogens is 985 g/mol. The Hall–Kier alpha value is -2.89. The molecule has 0 bridgehead atoms. The van der Waals surface area contributed by atoms with Gasteiger partial charge in [-0.05, 0) is 109 Å². The molecule has 0 N–H and O–H groups in total. The first-order chi connectivity index (χ1) is 39.5. The molecule has 0 radical (unpaired) electrons. The van der Waals surface area contributed by atoms with E-state index in [1.54, 1.807) is 0 Å². The quantitative estimate of drug-likeness (QED) is 0.0261. The van der Waals surface area contributed by atoms with Crippen molar-refractivity contribution in [2.24, 2.45) is 0 Å². The van der Waals surface area contributed by atoms with Crippen LogP contribution in [0, 0.1) is 0 Å². The lowest BCUT2D eigenvalue weighted by Crippen LogP contribution is -2.30. The Bertz CT molecular complexity index is 1430. The van der Waals surface area contributed by atoms with Gasteiger partial charge in [-0.25, -0.2) is 0 Å². The van der Waals surface area contributed by atoms with E-state index in [4.69, 9.17) is 14.2 Å². The third-order valence-corrected chi connectivity index (χ3v) is 15.7. The van der Waals surface area contributed by atoms with Crippen LogP contribution in [0.15, 0.2) is 60.8 Å². The molecule has 0 rings (SSSR count). The number of hydrogen-bond donors (Lipinski definition) is 0. The molecule has 0 spiro atoms. The van der Waals surface area contributed by atoms with Gasteiger partial charge in [-0.15, -0.1) is 0 Å². The van der Waals surface area contributed by atoms with Crippen LogP contribution in [0.4, 0.5) is 0 Å². The van der Waals surface area contributed by atoms with Crippen LogP contribution in [0.25, 0.3) is 0 Å². The molecule has 6 nitrogen and oxygen atoms in total. The molecule has 80 heavy (non-hydrogen) atoms. The van der Waals surface area contributed by atoms with E-state index in [9.17, 15) is 14.4 Å². The molecule has 0 heterocycles. The molecule has 6 heteroatoms. The normalized spacial score (nSPS) is 12.4. The van der Waals surface area contributed by atoms with E-state index in [2.05, 4.69) is 81.5 Å². The van der Waals surface area contributed by atoms with Crippen molar-refractivity contribution in [1.82, 2.24) is 0 Å². The number of rotatable bonds is 65. The summed E-state index contributed by atoms with van der Waals surface area (Å²) in [6, 6.07) is 0. The summed E-state index contributed by atoms with van der Waals surface area (Å²) in [5.74, 6) is -0.879. The van der Waals surface area contributed by atoms with E-state index < -0.39 is 6.10 Å². The summed E-state index contributed by atoms with van der Waals surface area (Å²) in [6.07, 6.45) is 88.1. The van der Waals surface area contributed by atoms with Crippen LogP contribution in [0.1, 0.15) is 374 Å². The number of unbranched alkanes of at least 4 members (excludes halogenated alkanes) is 44. The van der Waals surface area contributed by atoms with Gasteiger partial charge in [-0.3, -0.25) is 14.4 Å². The number of ether oxygens (including phenoxy) is 3. The van der Waals surface area contributed by atoms with Gasteiger partial charge in [0.15, 0.2) is 6.10 Å². The zero-order chi connectivity index (χ0) is 57.8. The molecule has 0 aromatic heterocycles. The van der Waals surface area contributed by atoms with Crippen molar-refractivity contribution in [3.63, 3.8) is 0 Å². The maximum Gasteiger partial charge on any atom is 0.306 e. The fourth-order valence-corrected chi connectivity index (χ4v) is 10.4. The first kappa shape index (κ1) is 77.1. The van der Waals surface area contributed by atoms with Gasteiger partial charge in [-0.1, -0.05) is 306 Å². The Morgan fingerprint density at radius 2 is 0.450 bits per heavy atom. The highest BCUT2D eigenvalue weighted by atomic mass is 16.6. The lowest BCUT2D eigenvalue weighted by atomic mass is 10.0. The number of allylic oxidation sites excluding steroid dienone is 10. The molecule has 466 valence electrons. The molecule has 0 fully saturated rings. The molecule has 0 aliphatic heterocycles. The van der Waals surface area contributed by atoms with Crippen LogP contribution in [0.5, 0.6) is 0 Å². The van der Waals surface area contributed by atoms with E-state index >= 15 is 0 Å². The Kier molecular flexibility index (Phi) is 66.1. The maximum atomic E-state index is 13.0. The molecule has 1 atom stereocenters. The Morgan fingerprint density at radius 3 is 0.713 bits per heavy atom. The highest BCUT2D eigenvalue weighted by Crippen LogP contribution is 2.17. The van der Waals surface area contributed by atoms with E-state index in [0.717, 1.165) is 89.9 Å². The van der Waals surface area contributed by atoms with Gasteiger partial charge in [-0.2, -0.15) is 0 Å². The average Bonchev–Trinajstić information content (AvgIpc) is 3.46. The fourth-order valence-electron chi connectivity index (χ4n) is 10.4. The van der Waals surface area contributed by atoms with Crippen LogP contribution in [-0.4, -0.2) is 37.2 Å². The Morgan fingerprint density at radius 1 is 0.250 bits per heavy atom. The minimum atomic E-state index is -0.786. The predicted octanol–water partition coefficient (Wildman–Crippen LogP) is 24.3. The molecule has 0 aliphatic rings. The summed E-state index contributed by atoms with van der Waals surface area (Å²) in [5, 5.41) is 0. The molecule has 0 aliphatic carbocycles. The summed E-state index contributed by atoms with van der Waals surface area (Å²) in [4.78, 5) is 38.4. The van der Waals surface area contributed by atoms with Crippen LogP contribution in [-0.2, 0) is 28.6 Å². The van der Waals surface area contributed by atoms with Gasteiger partial charge < -0.3 is 14.2 Å². The minimum Gasteiger partial charge on any atom is -0.462 e. The molecule has 0 aromatic rings. The van der Waals surface area contributed by atoms with Crippen LogP contribution in [0.2, 0.25) is 0 Å². The van der Waals surface area contributed by atoms with Gasteiger partial charge in [0, 0.05) is 19.3 Å². The standard InChI is InChI=1S/C74H134O6/c1-4-7-10-13-16-19-22-25-28-31-33-35-36-37-38-40-41-43-46-49-52-55-58-61-64-67-73(76)79-70-71(69-78-72(75)66-63-60-57-54-51-48-45-30-27-24-21-18-15-12-9-6-3)80-74(77)68-65-62-59-56-53-50-47-44-42-39-34-32-29-26-23-20-17-14-11-8-5-2/h23,26,30-34,42,44-45,71H,4-22,24-25,27-29,35-41,43,46-70H2,1-3H3/b26-23-,33-31-,34-32-,44-42-,45-30-. The predicted molar refractivity (Wildman–Crippen MR) is 348 cm³/mol. The lowest BCUT2D eigenvalue weighted by Gasteiger charge is -2.18. The smallest absolute Gasteiger partial charge is 0.306 e. The van der Waals surface area contributed by atoms with Gasteiger partial charge in [0.2, 0.25) is 0 Å².